The number of amides is 1. The standard InChI is InChI=1S/C16H27N3O/c1-6-17-15-9-7-8-14(18-15)16(20)19(10-12(2)3)11-13(4)5/h7-9,12-13H,6,10-11H2,1-5H3,(H,17,18). The average Bonchev–Trinajstić information content (AvgIpc) is 2.37. The van der Waals surface area contributed by atoms with Gasteiger partial charge in [0.1, 0.15) is 11.5 Å². The Bertz CT molecular complexity index is 419. The van der Waals surface area contributed by atoms with Gasteiger partial charge < -0.3 is 10.2 Å². The highest BCUT2D eigenvalue weighted by Gasteiger charge is 2.19. The van der Waals surface area contributed by atoms with Crippen LogP contribution in [0.3, 0.4) is 0 Å². The Balaban J connectivity index is 2.89. The minimum atomic E-state index is 0.0205. The fourth-order valence-electron chi connectivity index (χ4n) is 2.12. The van der Waals surface area contributed by atoms with Crippen LogP contribution in [0.4, 0.5) is 5.82 Å². The molecule has 0 unspecified atom stereocenters. The Morgan fingerprint density at radius 1 is 1.20 bits per heavy atom. The van der Waals surface area contributed by atoms with E-state index in [2.05, 4.69) is 38.0 Å². The zero-order valence-corrected chi connectivity index (χ0v) is 13.3. The van der Waals surface area contributed by atoms with Crippen LogP contribution in [0.25, 0.3) is 0 Å². The number of hydrogen-bond acceptors (Lipinski definition) is 3. The maximum absolute atomic E-state index is 12.6. The van der Waals surface area contributed by atoms with Crippen LogP contribution in [0.5, 0.6) is 0 Å². The Morgan fingerprint density at radius 2 is 1.80 bits per heavy atom. The molecule has 0 aliphatic rings. The molecule has 0 saturated carbocycles. The second-order valence-corrected chi connectivity index (χ2v) is 5.94. The molecule has 4 nitrogen and oxygen atoms in total. The predicted molar refractivity (Wildman–Crippen MR) is 84.0 cm³/mol. The lowest BCUT2D eigenvalue weighted by atomic mass is 10.1. The van der Waals surface area contributed by atoms with Gasteiger partial charge in [0.2, 0.25) is 0 Å². The molecule has 20 heavy (non-hydrogen) atoms. The molecule has 1 rings (SSSR count). The molecule has 0 atom stereocenters. The number of hydrogen-bond donors (Lipinski definition) is 1. The van der Waals surface area contributed by atoms with Crippen LogP contribution in [-0.4, -0.2) is 35.4 Å². The molecule has 0 spiro atoms. The minimum absolute atomic E-state index is 0.0205. The second kappa shape index (κ2) is 7.88. The van der Waals surface area contributed by atoms with Gasteiger partial charge in [-0.25, -0.2) is 4.98 Å². The van der Waals surface area contributed by atoms with E-state index < -0.39 is 0 Å². The van der Waals surface area contributed by atoms with E-state index in [1.165, 1.54) is 0 Å². The highest BCUT2D eigenvalue weighted by atomic mass is 16.2. The van der Waals surface area contributed by atoms with Crippen LogP contribution in [0.2, 0.25) is 0 Å². The fraction of sp³-hybridized carbons (Fsp3) is 0.625. The lowest BCUT2D eigenvalue weighted by Crippen LogP contribution is -2.37. The summed E-state index contributed by atoms with van der Waals surface area (Å²) in [6.07, 6.45) is 0. The number of aromatic nitrogens is 1. The van der Waals surface area contributed by atoms with E-state index >= 15 is 0 Å². The van der Waals surface area contributed by atoms with Crippen molar-refractivity contribution in [1.82, 2.24) is 9.88 Å². The van der Waals surface area contributed by atoms with E-state index in [1.54, 1.807) is 6.07 Å². The predicted octanol–water partition coefficient (Wildman–Crippen LogP) is 3.27. The molecule has 4 heteroatoms. The third-order valence-electron chi connectivity index (χ3n) is 2.78. The largest absolute Gasteiger partial charge is 0.370 e. The van der Waals surface area contributed by atoms with E-state index in [1.807, 2.05) is 24.0 Å². The average molecular weight is 277 g/mol. The van der Waals surface area contributed by atoms with E-state index in [4.69, 9.17) is 0 Å². The number of carbonyl (C=O) groups is 1. The van der Waals surface area contributed by atoms with Crippen LogP contribution in [-0.2, 0) is 0 Å². The van der Waals surface area contributed by atoms with Crippen LogP contribution >= 0.6 is 0 Å². The molecule has 0 bridgehead atoms. The molecule has 0 radical (unpaired) electrons. The van der Waals surface area contributed by atoms with Crippen LogP contribution in [0.15, 0.2) is 18.2 Å². The molecular formula is C16H27N3O. The van der Waals surface area contributed by atoms with Gasteiger partial charge in [0.25, 0.3) is 5.91 Å². The Kier molecular flexibility index (Phi) is 6.49. The zero-order valence-electron chi connectivity index (χ0n) is 13.3. The van der Waals surface area contributed by atoms with Crippen molar-refractivity contribution in [3.63, 3.8) is 0 Å². The van der Waals surface area contributed by atoms with Crippen LogP contribution < -0.4 is 5.32 Å². The van der Waals surface area contributed by atoms with E-state index in [9.17, 15) is 4.79 Å². The molecular weight excluding hydrogens is 250 g/mol. The van der Waals surface area contributed by atoms with Crippen molar-refractivity contribution < 1.29 is 4.79 Å². The van der Waals surface area contributed by atoms with Gasteiger partial charge in [-0.15, -0.1) is 0 Å². The molecule has 1 heterocycles. The molecule has 0 aromatic carbocycles. The van der Waals surface area contributed by atoms with Crippen LogP contribution in [0, 0.1) is 11.8 Å². The first-order chi connectivity index (χ1) is 9.43. The van der Waals surface area contributed by atoms with Gasteiger partial charge >= 0.3 is 0 Å². The fourth-order valence-corrected chi connectivity index (χ4v) is 2.12. The summed E-state index contributed by atoms with van der Waals surface area (Å²) in [7, 11) is 0. The number of nitrogens with one attached hydrogen (secondary N) is 1. The Morgan fingerprint density at radius 3 is 2.30 bits per heavy atom. The van der Waals surface area contributed by atoms with Crippen molar-refractivity contribution in [2.45, 2.75) is 34.6 Å². The van der Waals surface area contributed by atoms with Crippen LogP contribution in [0.1, 0.15) is 45.1 Å². The molecule has 1 aromatic rings. The lowest BCUT2D eigenvalue weighted by Gasteiger charge is -2.26. The lowest BCUT2D eigenvalue weighted by molar-refractivity contribution is 0.0709. The zero-order chi connectivity index (χ0) is 15.1. The quantitative estimate of drug-likeness (QED) is 0.832. The minimum Gasteiger partial charge on any atom is -0.370 e. The summed E-state index contributed by atoms with van der Waals surface area (Å²) in [5.41, 5.74) is 0.518. The highest BCUT2D eigenvalue weighted by Crippen LogP contribution is 2.11. The number of nitrogens with zero attached hydrogens (tertiary/aromatic N) is 2. The van der Waals surface area contributed by atoms with E-state index in [0.717, 1.165) is 25.5 Å². The van der Waals surface area contributed by atoms with Crippen molar-refractivity contribution in [3.05, 3.63) is 23.9 Å². The van der Waals surface area contributed by atoms with Crippen molar-refractivity contribution in [2.24, 2.45) is 11.8 Å². The summed E-state index contributed by atoms with van der Waals surface area (Å²) in [5.74, 6) is 1.68. The molecule has 0 aliphatic carbocycles. The van der Waals surface area contributed by atoms with Gasteiger partial charge in [0.15, 0.2) is 0 Å². The second-order valence-electron chi connectivity index (χ2n) is 5.94. The number of pyridine rings is 1. The molecule has 0 aliphatic heterocycles. The van der Waals surface area contributed by atoms with Gasteiger partial charge in [0, 0.05) is 19.6 Å². The summed E-state index contributed by atoms with van der Waals surface area (Å²) < 4.78 is 0. The van der Waals surface area contributed by atoms with E-state index in [-0.39, 0.29) is 5.91 Å². The molecule has 0 fully saturated rings. The summed E-state index contributed by atoms with van der Waals surface area (Å²) in [4.78, 5) is 18.9. The SMILES string of the molecule is CCNc1cccc(C(=O)N(CC(C)C)CC(C)C)n1. The molecule has 1 amide bonds. The molecule has 0 saturated heterocycles. The maximum Gasteiger partial charge on any atom is 0.272 e. The molecule has 1 aromatic heterocycles. The summed E-state index contributed by atoms with van der Waals surface area (Å²) in [6.45, 7) is 12.9. The summed E-state index contributed by atoms with van der Waals surface area (Å²) in [6, 6.07) is 5.55. The van der Waals surface area contributed by atoms with Gasteiger partial charge in [-0.3, -0.25) is 4.79 Å². The van der Waals surface area contributed by atoms with Crippen molar-refractivity contribution in [1.29, 1.82) is 0 Å². The Hall–Kier alpha value is -1.58. The normalized spacial score (nSPS) is 10.9. The number of carbonyl (C=O) groups excluding carboxylic acids is 1. The third-order valence-corrected chi connectivity index (χ3v) is 2.78. The van der Waals surface area contributed by atoms with Gasteiger partial charge in [-0.1, -0.05) is 33.8 Å². The van der Waals surface area contributed by atoms with Gasteiger partial charge in [0.05, 0.1) is 0 Å². The van der Waals surface area contributed by atoms with E-state index in [0.29, 0.717) is 17.5 Å². The first kappa shape index (κ1) is 16.5. The molecule has 112 valence electrons. The van der Waals surface area contributed by atoms with Crippen molar-refractivity contribution in [2.75, 3.05) is 25.0 Å². The van der Waals surface area contributed by atoms with Crippen molar-refractivity contribution >= 4 is 11.7 Å². The topological polar surface area (TPSA) is 45.2 Å². The monoisotopic (exact) mass is 277 g/mol. The van der Waals surface area contributed by atoms with Crippen molar-refractivity contribution in [3.8, 4) is 0 Å². The number of anilines is 1. The maximum atomic E-state index is 12.6. The summed E-state index contributed by atoms with van der Waals surface area (Å²) >= 11 is 0. The first-order valence-corrected chi connectivity index (χ1v) is 7.44. The summed E-state index contributed by atoms with van der Waals surface area (Å²) in [5, 5.41) is 3.14. The smallest absolute Gasteiger partial charge is 0.272 e. The Labute approximate surface area is 122 Å². The van der Waals surface area contributed by atoms with Gasteiger partial charge in [-0.2, -0.15) is 0 Å². The first-order valence-electron chi connectivity index (χ1n) is 7.44. The highest BCUT2D eigenvalue weighted by molar-refractivity contribution is 5.92. The third kappa shape index (κ3) is 5.19. The number of rotatable bonds is 7. The van der Waals surface area contributed by atoms with Gasteiger partial charge in [-0.05, 0) is 30.9 Å². The molecule has 1 N–H and O–H groups in total.